The van der Waals surface area contributed by atoms with Gasteiger partial charge < -0.3 is 4.90 Å². The number of hydrogen-bond donors (Lipinski definition) is 0. The highest BCUT2D eigenvalue weighted by Crippen LogP contribution is 2.25. The fourth-order valence-corrected chi connectivity index (χ4v) is 2.38. The smallest absolute Gasteiger partial charge is 0.254 e. The minimum absolute atomic E-state index is 0.168. The molecule has 0 bridgehead atoms. The van der Waals surface area contributed by atoms with Crippen LogP contribution in [0.25, 0.3) is 0 Å². The molecule has 116 valence electrons. The first-order valence-corrected chi connectivity index (χ1v) is 7.10. The number of halogens is 2. The molecule has 0 heterocycles. The summed E-state index contributed by atoms with van der Waals surface area (Å²) in [6.07, 6.45) is 0. The fraction of sp³-hybridized carbons (Fsp3) is 0.278. The van der Waals surface area contributed by atoms with Crippen molar-refractivity contribution >= 4 is 5.91 Å². The van der Waals surface area contributed by atoms with Crippen LogP contribution >= 0.6 is 0 Å². The fourth-order valence-electron chi connectivity index (χ4n) is 2.38. The quantitative estimate of drug-likeness (QED) is 0.822. The normalized spacial score (nSPS) is 12.1. The first-order valence-electron chi connectivity index (χ1n) is 7.10. The zero-order valence-corrected chi connectivity index (χ0v) is 13.2. The first kappa shape index (κ1) is 16.1. The van der Waals surface area contributed by atoms with Gasteiger partial charge >= 0.3 is 0 Å². The highest BCUT2D eigenvalue weighted by molar-refractivity contribution is 5.95. The van der Waals surface area contributed by atoms with Crippen molar-refractivity contribution in [1.29, 1.82) is 0 Å². The maximum Gasteiger partial charge on any atom is 0.254 e. The van der Waals surface area contributed by atoms with Gasteiger partial charge in [-0.1, -0.05) is 17.7 Å². The van der Waals surface area contributed by atoms with Gasteiger partial charge in [-0.3, -0.25) is 4.79 Å². The second kappa shape index (κ2) is 6.26. The van der Waals surface area contributed by atoms with E-state index in [0.29, 0.717) is 5.56 Å². The average molecular weight is 303 g/mol. The molecule has 4 heteroatoms. The van der Waals surface area contributed by atoms with Crippen LogP contribution in [0.2, 0.25) is 0 Å². The van der Waals surface area contributed by atoms with Crippen molar-refractivity contribution < 1.29 is 13.6 Å². The van der Waals surface area contributed by atoms with Gasteiger partial charge in [-0.15, -0.1) is 0 Å². The monoisotopic (exact) mass is 303 g/mol. The molecule has 1 unspecified atom stereocenters. The zero-order chi connectivity index (χ0) is 16.4. The van der Waals surface area contributed by atoms with Crippen LogP contribution in [0.1, 0.15) is 40.0 Å². The molecule has 2 aromatic rings. The Kier molecular flexibility index (Phi) is 4.59. The lowest BCUT2D eigenvalue weighted by Crippen LogP contribution is -2.30. The molecule has 1 atom stereocenters. The Morgan fingerprint density at radius 2 is 1.77 bits per heavy atom. The molecule has 0 N–H and O–H groups in total. The number of carbonyl (C=O) groups excluding carboxylic acids is 1. The van der Waals surface area contributed by atoms with Gasteiger partial charge in [0.25, 0.3) is 5.91 Å². The van der Waals surface area contributed by atoms with E-state index in [1.807, 2.05) is 32.0 Å². The summed E-state index contributed by atoms with van der Waals surface area (Å²) < 4.78 is 27.2. The Morgan fingerprint density at radius 3 is 2.45 bits per heavy atom. The lowest BCUT2D eigenvalue weighted by Gasteiger charge is -2.26. The van der Waals surface area contributed by atoms with Crippen LogP contribution in [0, 0.1) is 25.5 Å². The third-order valence-electron chi connectivity index (χ3n) is 3.93. The lowest BCUT2D eigenvalue weighted by atomic mass is 10.0. The summed E-state index contributed by atoms with van der Waals surface area (Å²) in [5, 5.41) is 0. The molecule has 2 nitrogen and oxygen atoms in total. The molecule has 0 saturated carbocycles. The molecule has 1 amide bonds. The third-order valence-corrected chi connectivity index (χ3v) is 3.93. The third kappa shape index (κ3) is 3.16. The maximum absolute atomic E-state index is 13.9. The number of amides is 1. The highest BCUT2D eigenvalue weighted by Gasteiger charge is 2.23. The molecule has 0 aliphatic carbocycles. The molecule has 0 fully saturated rings. The number of nitrogens with zero attached hydrogens (tertiary/aromatic N) is 1. The minimum atomic E-state index is -0.567. The van der Waals surface area contributed by atoms with E-state index < -0.39 is 17.7 Å². The van der Waals surface area contributed by atoms with Gasteiger partial charge in [-0.2, -0.15) is 0 Å². The molecular formula is C18H19F2NO. The summed E-state index contributed by atoms with van der Waals surface area (Å²) in [4.78, 5) is 14.1. The maximum atomic E-state index is 13.9. The molecule has 2 rings (SSSR count). The Hall–Kier alpha value is -2.23. The molecule has 0 radical (unpaired) electrons. The number of carbonyl (C=O) groups is 1. The standard InChI is InChI=1S/C18H19F2NO/c1-11-5-6-12(2)15(9-11)18(22)21(4)13(3)16-10-14(19)7-8-17(16)20/h5-10,13H,1-4H3. The van der Waals surface area contributed by atoms with Crippen LogP contribution in [0.3, 0.4) is 0 Å². The summed E-state index contributed by atoms with van der Waals surface area (Å²) >= 11 is 0. The summed E-state index contributed by atoms with van der Waals surface area (Å²) in [5.41, 5.74) is 2.58. The van der Waals surface area contributed by atoms with Gasteiger partial charge in [0.05, 0.1) is 6.04 Å². The number of hydrogen-bond acceptors (Lipinski definition) is 1. The largest absolute Gasteiger partial charge is 0.335 e. The zero-order valence-electron chi connectivity index (χ0n) is 13.2. The SMILES string of the molecule is Cc1ccc(C)c(C(=O)N(C)C(C)c2cc(F)ccc2F)c1. The van der Waals surface area contributed by atoms with Crippen molar-refractivity contribution in [2.75, 3.05) is 7.05 Å². The van der Waals surface area contributed by atoms with Crippen molar-refractivity contribution in [2.24, 2.45) is 0 Å². The molecule has 0 saturated heterocycles. The van der Waals surface area contributed by atoms with Crippen LogP contribution in [0.4, 0.5) is 8.78 Å². The predicted molar refractivity (Wildman–Crippen MR) is 82.8 cm³/mol. The molecule has 22 heavy (non-hydrogen) atoms. The Balaban J connectivity index is 2.34. The van der Waals surface area contributed by atoms with Gasteiger partial charge in [0.1, 0.15) is 11.6 Å². The van der Waals surface area contributed by atoms with Gasteiger partial charge in [0.15, 0.2) is 0 Å². The number of benzene rings is 2. The van der Waals surface area contributed by atoms with Crippen molar-refractivity contribution in [3.8, 4) is 0 Å². The minimum Gasteiger partial charge on any atom is -0.335 e. The molecule has 0 aliphatic heterocycles. The summed E-state index contributed by atoms with van der Waals surface area (Å²) in [6, 6.07) is 8.33. The number of aryl methyl sites for hydroxylation is 2. The first-order chi connectivity index (χ1) is 10.3. The summed E-state index contributed by atoms with van der Waals surface area (Å²) in [7, 11) is 1.60. The summed E-state index contributed by atoms with van der Waals surface area (Å²) in [6.45, 7) is 5.45. The molecule has 2 aromatic carbocycles. The Morgan fingerprint density at radius 1 is 1.09 bits per heavy atom. The topological polar surface area (TPSA) is 20.3 Å². The predicted octanol–water partition coefficient (Wildman–Crippen LogP) is 4.41. The van der Waals surface area contributed by atoms with Gasteiger partial charge in [0.2, 0.25) is 0 Å². The van der Waals surface area contributed by atoms with E-state index in [-0.39, 0.29) is 11.5 Å². The summed E-state index contributed by atoms with van der Waals surface area (Å²) in [5.74, 6) is -1.25. The van der Waals surface area contributed by atoms with Crippen LogP contribution in [0.5, 0.6) is 0 Å². The highest BCUT2D eigenvalue weighted by atomic mass is 19.1. The average Bonchev–Trinajstić information content (AvgIpc) is 2.50. The van der Waals surface area contributed by atoms with E-state index >= 15 is 0 Å². The van der Waals surface area contributed by atoms with E-state index in [1.165, 1.54) is 4.90 Å². The van der Waals surface area contributed by atoms with Crippen molar-refractivity contribution in [3.05, 3.63) is 70.3 Å². The second-order valence-electron chi connectivity index (χ2n) is 5.58. The van der Waals surface area contributed by atoms with E-state index in [0.717, 1.165) is 29.3 Å². The van der Waals surface area contributed by atoms with E-state index in [2.05, 4.69) is 0 Å². The van der Waals surface area contributed by atoms with Crippen molar-refractivity contribution in [1.82, 2.24) is 4.90 Å². The van der Waals surface area contributed by atoms with Gasteiger partial charge in [-0.05, 0) is 50.6 Å². The molecule has 0 spiro atoms. The van der Waals surface area contributed by atoms with E-state index in [4.69, 9.17) is 0 Å². The van der Waals surface area contributed by atoms with Crippen LogP contribution < -0.4 is 0 Å². The molecule has 0 aromatic heterocycles. The van der Waals surface area contributed by atoms with Crippen LogP contribution in [0.15, 0.2) is 36.4 Å². The van der Waals surface area contributed by atoms with Crippen molar-refractivity contribution in [2.45, 2.75) is 26.8 Å². The van der Waals surface area contributed by atoms with Gasteiger partial charge in [-0.25, -0.2) is 8.78 Å². The number of rotatable bonds is 3. The molecule has 0 aliphatic rings. The van der Waals surface area contributed by atoms with Crippen LogP contribution in [-0.4, -0.2) is 17.9 Å². The lowest BCUT2D eigenvalue weighted by molar-refractivity contribution is 0.0739. The van der Waals surface area contributed by atoms with Gasteiger partial charge in [0, 0.05) is 18.2 Å². The Labute approximate surface area is 129 Å². The molecular weight excluding hydrogens is 284 g/mol. The Bertz CT molecular complexity index is 712. The van der Waals surface area contributed by atoms with Crippen molar-refractivity contribution in [3.63, 3.8) is 0 Å². The second-order valence-corrected chi connectivity index (χ2v) is 5.58. The van der Waals surface area contributed by atoms with E-state index in [9.17, 15) is 13.6 Å². The van der Waals surface area contributed by atoms with Crippen LogP contribution in [-0.2, 0) is 0 Å². The van der Waals surface area contributed by atoms with E-state index in [1.54, 1.807) is 14.0 Å².